The summed E-state index contributed by atoms with van der Waals surface area (Å²) < 4.78 is 0. The van der Waals surface area contributed by atoms with Crippen molar-refractivity contribution >= 4 is 29.1 Å². The zero-order valence-electron chi connectivity index (χ0n) is 12.3. The van der Waals surface area contributed by atoms with Crippen molar-refractivity contribution in [1.82, 2.24) is 10.2 Å². The van der Waals surface area contributed by atoms with Gasteiger partial charge in [0.25, 0.3) is 0 Å². The Morgan fingerprint density at radius 3 is 2.62 bits per heavy atom. The summed E-state index contributed by atoms with van der Waals surface area (Å²) in [5.74, 6) is -0.200. The molecule has 5 nitrogen and oxygen atoms in total. The van der Waals surface area contributed by atoms with Crippen LogP contribution in [0.1, 0.15) is 18.4 Å². The van der Waals surface area contributed by atoms with Crippen molar-refractivity contribution in [1.29, 1.82) is 0 Å². The van der Waals surface area contributed by atoms with E-state index in [4.69, 9.17) is 11.6 Å². The molecule has 21 heavy (non-hydrogen) atoms. The van der Waals surface area contributed by atoms with Crippen LogP contribution in [0.3, 0.4) is 0 Å². The number of halogens is 1. The van der Waals surface area contributed by atoms with E-state index >= 15 is 0 Å². The molecule has 2 amide bonds. The lowest BCUT2D eigenvalue weighted by Crippen LogP contribution is -2.39. The Kier molecular flexibility index (Phi) is 5.20. The molecule has 1 aliphatic rings. The first kappa shape index (κ1) is 15.8. The molecule has 0 unspecified atom stereocenters. The summed E-state index contributed by atoms with van der Waals surface area (Å²) in [4.78, 5) is 25.3. The highest BCUT2D eigenvalue weighted by Crippen LogP contribution is 2.20. The number of rotatable bonds is 6. The average molecular weight is 310 g/mol. The highest BCUT2D eigenvalue weighted by atomic mass is 35.5. The highest BCUT2D eigenvalue weighted by Gasteiger charge is 2.23. The molecule has 0 spiro atoms. The average Bonchev–Trinajstić information content (AvgIpc) is 3.17. The van der Waals surface area contributed by atoms with E-state index in [9.17, 15) is 9.59 Å². The molecule has 1 saturated carbocycles. The Morgan fingerprint density at radius 1 is 1.29 bits per heavy atom. The lowest BCUT2D eigenvalue weighted by molar-refractivity contribution is -0.123. The van der Waals surface area contributed by atoms with E-state index < -0.39 is 0 Å². The minimum absolute atomic E-state index is 0.0354. The summed E-state index contributed by atoms with van der Waals surface area (Å²) in [7, 11) is 1.75. The number of nitrogens with zero attached hydrogens (tertiary/aromatic N) is 1. The molecule has 0 bridgehead atoms. The summed E-state index contributed by atoms with van der Waals surface area (Å²) in [6.07, 6.45) is 2.12. The molecule has 1 aliphatic carbocycles. The van der Waals surface area contributed by atoms with Crippen LogP contribution in [0.25, 0.3) is 0 Å². The Morgan fingerprint density at radius 2 is 1.95 bits per heavy atom. The zero-order valence-corrected chi connectivity index (χ0v) is 13.0. The van der Waals surface area contributed by atoms with E-state index in [2.05, 4.69) is 10.6 Å². The maximum absolute atomic E-state index is 12.0. The smallest absolute Gasteiger partial charge is 0.238 e. The zero-order chi connectivity index (χ0) is 15.4. The van der Waals surface area contributed by atoms with Gasteiger partial charge in [0.1, 0.15) is 0 Å². The normalized spacial score (nSPS) is 14.1. The highest BCUT2D eigenvalue weighted by molar-refractivity contribution is 6.31. The maximum atomic E-state index is 12.0. The number of carbonyl (C=O) groups excluding carboxylic acids is 2. The lowest BCUT2D eigenvalue weighted by atomic mass is 10.2. The van der Waals surface area contributed by atoms with Crippen LogP contribution in [0.4, 0.5) is 5.69 Å². The van der Waals surface area contributed by atoms with Crippen molar-refractivity contribution in [3.63, 3.8) is 0 Å². The molecule has 0 saturated heterocycles. The van der Waals surface area contributed by atoms with Crippen molar-refractivity contribution < 1.29 is 9.59 Å². The van der Waals surface area contributed by atoms with Gasteiger partial charge < -0.3 is 10.6 Å². The molecular weight excluding hydrogens is 290 g/mol. The van der Waals surface area contributed by atoms with Gasteiger partial charge >= 0.3 is 0 Å². The monoisotopic (exact) mass is 309 g/mol. The van der Waals surface area contributed by atoms with Gasteiger partial charge in [0.2, 0.25) is 11.8 Å². The number of benzene rings is 1. The Balaban J connectivity index is 1.80. The van der Waals surface area contributed by atoms with Gasteiger partial charge in [0.15, 0.2) is 0 Å². The summed E-state index contributed by atoms with van der Waals surface area (Å²) in [6, 6.07) is 5.69. The van der Waals surface area contributed by atoms with Crippen LogP contribution in [0.15, 0.2) is 18.2 Å². The van der Waals surface area contributed by atoms with Crippen molar-refractivity contribution in [3.05, 3.63) is 28.8 Å². The van der Waals surface area contributed by atoms with Crippen LogP contribution in [0, 0.1) is 6.92 Å². The van der Waals surface area contributed by atoms with Gasteiger partial charge in [-0.25, -0.2) is 0 Å². The van der Waals surface area contributed by atoms with E-state index in [1.807, 2.05) is 13.0 Å². The molecule has 0 aromatic heterocycles. The molecule has 114 valence electrons. The molecule has 6 heteroatoms. The van der Waals surface area contributed by atoms with Crippen molar-refractivity contribution in [2.45, 2.75) is 25.8 Å². The lowest BCUT2D eigenvalue weighted by Gasteiger charge is -2.16. The first-order valence-corrected chi connectivity index (χ1v) is 7.36. The molecule has 1 aromatic rings. The standard InChI is InChI=1S/C15H20ClN3O2/c1-10-3-4-11(16)7-13(10)18-15(21)9-19(2)8-14(20)17-12-5-6-12/h3-4,7,12H,5-6,8-9H2,1-2H3,(H,17,20)(H,18,21). The molecule has 2 rings (SSSR count). The Labute approximate surface area is 129 Å². The number of carbonyl (C=O) groups is 2. The van der Waals surface area contributed by atoms with Gasteiger partial charge in [-0.05, 0) is 44.5 Å². The molecule has 0 heterocycles. The van der Waals surface area contributed by atoms with Crippen LogP contribution in [-0.2, 0) is 9.59 Å². The van der Waals surface area contributed by atoms with Crippen molar-refractivity contribution in [2.75, 3.05) is 25.5 Å². The molecule has 0 aliphatic heterocycles. The predicted octanol–water partition coefficient (Wildman–Crippen LogP) is 1.80. The van der Waals surface area contributed by atoms with E-state index in [0.29, 0.717) is 16.8 Å². The first-order valence-electron chi connectivity index (χ1n) is 6.98. The number of hydrogen-bond donors (Lipinski definition) is 2. The number of likely N-dealkylation sites (N-methyl/N-ethyl adjacent to an activating group) is 1. The SMILES string of the molecule is Cc1ccc(Cl)cc1NC(=O)CN(C)CC(=O)NC1CC1. The summed E-state index contributed by atoms with van der Waals surface area (Å²) in [6.45, 7) is 2.28. The van der Waals surface area contributed by atoms with E-state index in [1.54, 1.807) is 24.1 Å². The second-order valence-corrected chi connectivity index (χ2v) is 5.96. The first-order chi connectivity index (χ1) is 9.94. The topological polar surface area (TPSA) is 61.4 Å². The minimum atomic E-state index is -0.165. The second-order valence-electron chi connectivity index (χ2n) is 5.52. The molecular formula is C15H20ClN3O2. The van der Waals surface area contributed by atoms with Gasteiger partial charge in [0, 0.05) is 16.8 Å². The van der Waals surface area contributed by atoms with Crippen LogP contribution in [-0.4, -0.2) is 42.9 Å². The van der Waals surface area contributed by atoms with E-state index in [0.717, 1.165) is 18.4 Å². The minimum Gasteiger partial charge on any atom is -0.352 e. The molecule has 2 N–H and O–H groups in total. The van der Waals surface area contributed by atoms with E-state index in [1.165, 1.54) is 0 Å². The quantitative estimate of drug-likeness (QED) is 0.842. The summed E-state index contributed by atoms with van der Waals surface area (Å²) in [5.41, 5.74) is 1.64. The summed E-state index contributed by atoms with van der Waals surface area (Å²) in [5, 5.41) is 6.28. The fourth-order valence-electron chi connectivity index (χ4n) is 1.97. The van der Waals surface area contributed by atoms with Crippen LogP contribution in [0.5, 0.6) is 0 Å². The van der Waals surface area contributed by atoms with Gasteiger partial charge in [-0.15, -0.1) is 0 Å². The van der Waals surface area contributed by atoms with Gasteiger partial charge in [-0.3, -0.25) is 14.5 Å². The number of anilines is 1. The van der Waals surface area contributed by atoms with Gasteiger partial charge in [-0.1, -0.05) is 17.7 Å². The third-order valence-corrected chi connectivity index (χ3v) is 3.48. The number of nitrogens with one attached hydrogen (secondary N) is 2. The van der Waals surface area contributed by atoms with Gasteiger partial charge in [0.05, 0.1) is 13.1 Å². The number of amides is 2. The third kappa shape index (κ3) is 5.36. The predicted molar refractivity (Wildman–Crippen MR) is 83.5 cm³/mol. The Bertz CT molecular complexity index is 544. The van der Waals surface area contributed by atoms with Crippen molar-refractivity contribution in [3.8, 4) is 0 Å². The number of aryl methyl sites for hydroxylation is 1. The van der Waals surface area contributed by atoms with Crippen LogP contribution >= 0.6 is 11.6 Å². The molecule has 1 fully saturated rings. The Hall–Kier alpha value is -1.59. The third-order valence-electron chi connectivity index (χ3n) is 3.24. The largest absolute Gasteiger partial charge is 0.352 e. The molecule has 0 radical (unpaired) electrons. The second kappa shape index (κ2) is 6.91. The van der Waals surface area contributed by atoms with E-state index in [-0.39, 0.29) is 24.9 Å². The molecule has 1 aromatic carbocycles. The summed E-state index contributed by atoms with van der Waals surface area (Å²) >= 11 is 5.91. The van der Waals surface area contributed by atoms with Crippen LogP contribution < -0.4 is 10.6 Å². The fourth-order valence-corrected chi connectivity index (χ4v) is 2.14. The fraction of sp³-hybridized carbons (Fsp3) is 0.467. The number of hydrogen-bond acceptors (Lipinski definition) is 3. The van der Waals surface area contributed by atoms with Crippen LogP contribution in [0.2, 0.25) is 5.02 Å². The maximum Gasteiger partial charge on any atom is 0.238 e. The molecule has 0 atom stereocenters. The van der Waals surface area contributed by atoms with Gasteiger partial charge in [-0.2, -0.15) is 0 Å². The van der Waals surface area contributed by atoms with Crippen molar-refractivity contribution in [2.24, 2.45) is 0 Å².